The van der Waals surface area contributed by atoms with Crippen molar-refractivity contribution in [2.45, 2.75) is 51.6 Å². The summed E-state index contributed by atoms with van der Waals surface area (Å²) in [7, 11) is 7.15. The lowest BCUT2D eigenvalue weighted by molar-refractivity contribution is -0.127. The number of carbonyl (C=O) groups excluding carboxylic acids is 3. The first-order chi connectivity index (χ1) is 19.5. The quantitative estimate of drug-likeness (QED) is 0.391. The van der Waals surface area contributed by atoms with Crippen molar-refractivity contribution >= 4 is 23.2 Å². The number of allylic oxidation sites excluding steroid dienone is 2. The van der Waals surface area contributed by atoms with Gasteiger partial charge in [0.2, 0.25) is 0 Å². The van der Waals surface area contributed by atoms with Gasteiger partial charge in [-0.25, -0.2) is 4.98 Å². The number of imidazole rings is 1. The number of phenolic OH excluding ortho intramolecular Hbond substituents is 1. The summed E-state index contributed by atoms with van der Waals surface area (Å²) in [5, 5.41) is 34.0. The maximum Gasteiger partial charge on any atom is 0.255 e. The highest BCUT2D eigenvalue weighted by Crippen LogP contribution is 2.51. The number of hydrogen-bond donors (Lipinski definition) is 4. The SMILES string of the molecule is CN(C)c1cc(Cn2cnc(C(C)(C)C)c2)c(O)c2c1CC1CC3C(C(=O)C(C(N)=O)=C(O)C3N(C)C)C(O)=C1C2=O. The molecule has 0 saturated carbocycles. The number of anilines is 1. The molecule has 224 valence electrons. The molecule has 0 fully saturated rings. The van der Waals surface area contributed by atoms with Crippen molar-refractivity contribution < 1.29 is 29.7 Å². The van der Waals surface area contributed by atoms with Gasteiger partial charge in [-0.2, -0.15) is 0 Å². The molecule has 0 aliphatic heterocycles. The number of aromatic hydroxyl groups is 1. The molecule has 1 aromatic carbocycles. The van der Waals surface area contributed by atoms with Crippen LogP contribution in [0.15, 0.2) is 41.3 Å². The average molecular weight is 578 g/mol. The topological polar surface area (TPSA) is 162 Å². The zero-order valence-corrected chi connectivity index (χ0v) is 25.1. The normalized spacial score (nSPS) is 24.1. The van der Waals surface area contributed by atoms with Crippen LogP contribution in [0.1, 0.15) is 54.4 Å². The number of aliphatic hydroxyl groups is 2. The highest BCUT2D eigenvalue weighted by atomic mass is 16.3. The first kappa shape index (κ1) is 29.4. The number of benzene rings is 1. The molecule has 3 aliphatic rings. The molecular weight excluding hydrogens is 538 g/mol. The summed E-state index contributed by atoms with van der Waals surface area (Å²) in [6.07, 6.45) is 4.25. The van der Waals surface area contributed by atoms with Gasteiger partial charge in [0, 0.05) is 42.5 Å². The molecule has 11 nitrogen and oxygen atoms in total. The van der Waals surface area contributed by atoms with Crippen LogP contribution in [-0.2, 0) is 28.0 Å². The number of aromatic nitrogens is 2. The highest BCUT2D eigenvalue weighted by molar-refractivity contribution is 6.22. The van der Waals surface area contributed by atoms with E-state index in [0.29, 0.717) is 24.0 Å². The summed E-state index contributed by atoms with van der Waals surface area (Å²) in [5.41, 5.74) is 7.75. The van der Waals surface area contributed by atoms with E-state index in [1.807, 2.05) is 35.8 Å². The molecule has 42 heavy (non-hydrogen) atoms. The smallest absolute Gasteiger partial charge is 0.255 e. The van der Waals surface area contributed by atoms with Crippen molar-refractivity contribution in [1.29, 1.82) is 0 Å². The molecule has 4 unspecified atom stereocenters. The van der Waals surface area contributed by atoms with Gasteiger partial charge in [-0.1, -0.05) is 20.8 Å². The van der Waals surface area contributed by atoms with E-state index in [0.717, 1.165) is 11.4 Å². The van der Waals surface area contributed by atoms with Gasteiger partial charge in [-0.05, 0) is 50.4 Å². The van der Waals surface area contributed by atoms with Gasteiger partial charge in [0.15, 0.2) is 11.6 Å². The number of fused-ring (bicyclic) bond motifs is 3. The maximum atomic E-state index is 14.2. The fourth-order valence-electron chi connectivity index (χ4n) is 6.92. The molecule has 0 bridgehead atoms. The summed E-state index contributed by atoms with van der Waals surface area (Å²) >= 11 is 0. The van der Waals surface area contributed by atoms with E-state index in [1.165, 1.54) is 0 Å². The monoisotopic (exact) mass is 577 g/mol. The van der Waals surface area contributed by atoms with Crippen molar-refractivity contribution in [3.8, 4) is 5.75 Å². The maximum absolute atomic E-state index is 14.2. The third-order valence-electron chi connectivity index (χ3n) is 8.86. The molecule has 5 N–H and O–H groups in total. The van der Waals surface area contributed by atoms with E-state index in [-0.39, 0.29) is 28.8 Å². The lowest BCUT2D eigenvalue weighted by Gasteiger charge is -2.46. The molecule has 2 aromatic rings. The summed E-state index contributed by atoms with van der Waals surface area (Å²) in [5.74, 6) is -5.71. The van der Waals surface area contributed by atoms with Crippen molar-refractivity contribution in [3.63, 3.8) is 0 Å². The first-order valence-electron chi connectivity index (χ1n) is 14.0. The molecule has 1 amide bonds. The van der Waals surface area contributed by atoms with Crippen molar-refractivity contribution in [3.05, 3.63) is 63.6 Å². The van der Waals surface area contributed by atoms with Crippen LogP contribution in [0.3, 0.4) is 0 Å². The zero-order chi connectivity index (χ0) is 31.0. The van der Waals surface area contributed by atoms with Crippen LogP contribution in [0, 0.1) is 17.8 Å². The first-order valence-corrected chi connectivity index (χ1v) is 14.0. The van der Waals surface area contributed by atoms with Gasteiger partial charge < -0.3 is 30.5 Å². The van der Waals surface area contributed by atoms with E-state index in [4.69, 9.17) is 5.73 Å². The minimum Gasteiger partial charge on any atom is -0.511 e. The van der Waals surface area contributed by atoms with Crippen LogP contribution in [0.5, 0.6) is 5.75 Å². The predicted octanol–water partition coefficient (Wildman–Crippen LogP) is 2.61. The van der Waals surface area contributed by atoms with Crippen LogP contribution in [0.2, 0.25) is 0 Å². The molecule has 0 radical (unpaired) electrons. The third kappa shape index (κ3) is 4.46. The van der Waals surface area contributed by atoms with Crippen LogP contribution in [-0.4, -0.2) is 81.5 Å². The largest absolute Gasteiger partial charge is 0.511 e. The molecule has 0 saturated heterocycles. The fraction of sp³-hybridized carbons (Fsp3) is 0.484. The second-order valence-corrected chi connectivity index (χ2v) is 13.1. The van der Waals surface area contributed by atoms with E-state index < -0.39 is 58.4 Å². The Kier molecular flexibility index (Phi) is 7.00. The van der Waals surface area contributed by atoms with Gasteiger partial charge in [-0.15, -0.1) is 0 Å². The lowest BCUT2D eigenvalue weighted by atomic mass is 9.60. The number of primary amides is 1. The zero-order valence-electron chi connectivity index (χ0n) is 25.1. The molecule has 5 rings (SSSR count). The lowest BCUT2D eigenvalue weighted by Crippen LogP contribution is -2.53. The van der Waals surface area contributed by atoms with E-state index in [2.05, 4.69) is 25.8 Å². The predicted molar refractivity (Wildman–Crippen MR) is 157 cm³/mol. The minimum absolute atomic E-state index is 0.0645. The Morgan fingerprint density at radius 2 is 1.79 bits per heavy atom. The van der Waals surface area contributed by atoms with E-state index >= 15 is 0 Å². The second kappa shape index (κ2) is 10.0. The number of nitrogens with two attached hydrogens (primary N) is 1. The fourth-order valence-corrected chi connectivity index (χ4v) is 6.92. The number of rotatable bonds is 5. The molecule has 1 aromatic heterocycles. The molecule has 4 atom stereocenters. The number of Topliss-reactive ketones (excluding diaryl/α,β-unsaturated/α-hetero) is 2. The standard InChI is InChI=1S/C31H39N5O6/c1-31(2,3)19-12-36(13-33-19)11-15-10-18(34(4)5)16-8-14-9-17-22(27(39)20(14)26(38)21(16)25(15)37)28(40)23(30(32)42)29(41)24(17)35(6)7/h10,12-14,17,22,24,37,39,41H,8-9,11H2,1-7H3,(H2,32,42). The van der Waals surface area contributed by atoms with Crippen molar-refractivity contribution in [2.75, 3.05) is 33.1 Å². The van der Waals surface area contributed by atoms with Gasteiger partial charge in [0.1, 0.15) is 22.8 Å². The van der Waals surface area contributed by atoms with Crippen LogP contribution in [0.25, 0.3) is 0 Å². The molecule has 0 spiro atoms. The van der Waals surface area contributed by atoms with Crippen molar-refractivity contribution in [2.24, 2.45) is 23.5 Å². The Hall–Kier alpha value is -4.12. The number of hydrogen-bond acceptors (Lipinski definition) is 9. The summed E-state index contributed by atoms with van der Waals surface area (Å²) < 4.78 is 1.85. The van der Waals surface area contributed by atoms with Crippen LogP contribution < -0.4 is 10.6 Å². The van der Waals surface area contributed by atoms with Crippen LogP contribution >= 0.6 is 0 Å². The average Bonchev–Trinajstić information content (AvgIpc) is 3.34. The Bertz CT molecular complexity index is 1570. The summed E-state index contributed by atoms with van der Waals surface area (Å²) in [4.78, 5) is 47.9. The van der Waals surface area contributed by atoms with Crippen molar-refractivity contribution in [1.82, 2.24) is 14.5 Å². The number of likely N-dealkylation sites (N-methyl/N-ethyl adjacent to an activating group) is 1. The number of amides is 1. The number of aliphatic hydroxyl groups excluding tert-OH is 2. The highest BCUT2D eigenvalue weighted by Gasteiger charge is 2.54. The van der Waals surface area contributed by atoms with Gasteiger partial charge in [0.05, 0.1) is 36.1 Å². The van der Waals surface area contributed by atoms with E-state index in [1.54, 1.807) is 25.3 Å². The van der Waals surface area contributed by atoms with Gasteiger partial charge >= 0.3 is 0 Å². The number of carbonyl (C=O) groups is 3. The molecule has 11 heteroatoms. The summed E-state index contributed by atoms with van der Waals surface area (Å²) in [6.45, 7) is 6.45. The van der Waals surface area contributed by atoms with E-state index in [9.17, 15) is 29.7 Å². The molecule has 1 heterocycles. The molecule has 3 aliphatic carbocycles. The minimum atomic E-state index is -1.21. The Morgan fingerprint density at radius 3 is 2.33 bits per heavy atom. The third-order valence-corrected chi connectivity index (χ3v) is 8.86. The second-order valence-electron chi connectivity index (χ2n) is 13.1. The summed E-state index contributed by atoms with van der Waals surface area (Å²) in [6, 6.07) is 1.12. The number of ketones is 2. The number of nitrogens with zero attached hydrogens (tertiary/aromatic N) is 4. The molecular formula is C31H39N5O6. The Balaban J connectivity index is 1.64. The number of phenols is 1. The Labute approximate surface area is 244 Å². The van der Waals surface area contributed by atoms with Crippen LogP contribution in [0.4, 0.5) is 5.69 Å². The van der Waals surface area contributed by atoms with Gasteiger partial charge in [-0.3, -0.25) is 19.3 Å². The van der Waals surface area contributed by atoms with Gasteiger partial charge in [0.25, 0.3) is 5.91 Å². The Morgan fingerprint density at radius 1 is 1.12 bits per heavy atom.